The first kappa shape index (κ1) is 18.5. The molecule has 0 saturated heterocycles. The van der Waals surface area contributed by atoms with Gasteiger partial charge in [0.05, 0.1) is 5.25 Å². The second-order valence-corrected chi connectivity index (χ2v) is 8.17. The Morgan fingerprint density at radius 2 is 1.30 bits per heavy atom. The van der Waals surface area contributed by atoms with Gasteiger partial charge in [0.15, 0.2) is 0 Å². The summed E-state index contributed by atoms with van der Waals surface area (Å²) in [6, 6.07) is 28.1. The molecule has 0 N–H and O–H groups in total. The lowest BCUT2D eigenvalue weighted by atomic mass is 10.1. The molecule has 0 aliphatic rings. The third-order valence-electron chi connectivity index (χ3n) is 4.80. The predicted octanol–water partition coefficient (Wildman–Crippen LogP) is 6.20. The number of fused-ring (bicyclic) bond motifs is 1. The molecule has 3 aromatic carbocycles. The van der Waals surface area contributed by atoms with Crippen molar-refractivity contribution in [1.29, 1.82) is 0 Å². The molecule has 2 heterocycles. The molecule has 0 aliphatic heterocycles. The molecule has 0 saturated carbocycles. The largest absolute Gasteiger partial charge is 0.419 e. The number of rotatable bonds is 5. The second-order valence-electron chi connectivity index (χ2n) is 6.84. The number of thioether (sulfide) groups is 1. The van der Waals surface area contributed by atoms with Gasteiger partial charge in [-0.1, -0.05) is 84.6 Å². The Morgan fingerprint density at radius 3 is 2.03 bits per heavy atom. The van der Waals surface area contributed by atoms with Crippen LogP contribution in [0.4, 0.5) is 0 Å². The molecule has 0 bridgehead atoms. The van der Waals surface area contributed by atoms with Gasteiger partial charge in [0, 0.05) is 21.9 Å². The first-order valence-corrected chi connectivity index (χ1v) is 10.5. The van der Waals surface area contributed by atoms with Crippen LogP contribution in [0.1, 0.15) is 18.1 Å². The fraction of sp³-hybridized carbons (Fsp3) is 0.0833. The van der Waals surface area contributed by atoms with Gasteiger partial charge in [-0.3, -0.25) is 0 Å². The normalized spacial score (nSPS) is 12.2. The molecule has 5 rings (SSSR count). The molecule has 1 unspecified atom stereocenters. The zero-order chi connectivity index (χ0) is 20.3. The number of aromatic nitrogens is 4. The summed E-state index contributed by atoms with van der Waals surface area (Å²) < 4.78 is 5.92. The Bertz CT molecular complexity index is 1290. The third-order valence-corrected chi connectivity index (χ3v) is 5.88. The van der Waals surface area contributed by atoms with Crippen LogP contribution >= 0.6 is 11.8 Å². The first-order chi connectivity index (χ1) is 14.8. The van der Waals surface area contributed by atoms with Crippen LogP contribution in [-0.2, 0) is 0 Å². The van der Waals surface area contributed by atoms with Crippen LogP contribution < -0.4 is 0 Å². The van der Waals surface area contributed by atoms with E-state index in [0.29, 0.717) is 11.8 Å². The van der Waals surface area contributed by atoms with Crippen molar-refractivity contribution in [3.8, 4) is 22.7 Å². The van der Waals surface area contributed by atoms with Gasteiger partial charge in [-0.2, -0.15) is 0 Å². The summed E-state index contributed by atoms with van der Waals surface area (Å²) in [4.78, 5) is 0. The molecule has 5 aromatic rings. The molecule has 30 heavy (non-hydrogen) atoms. The van der Waals surface area contributed by atoms with Crippen molar-refractivity contribution in [1.82, 2.24) is 20.4 Å². The summed E-state index contributed by atoms with van der Waals surface area (Å²) in [6.07, 6.45) is 0. The molecule has 0 aliphatic carbocycles. The maximum absolute atomic E-state index is 5.92. The molecule has 5 nitrogen and oxygen atoms in total. The SMILES string of the molecule is CC(Sc1nnc(-c2ccccc2)c2ccccc12)c1nnc(-c2ccccc2)o1. The highest BCUT2D eigenvalue weighted by atomic mass is 32.2. The molecule has 6 heteroatoms. The molecule has 1 atom stereocenters. The van der Waals surface area contributed by atoms with Crippen LogP contribution in [0.2, 0.25) is 0 Å². The number of benzene rings is 3. The van der Waals surface area contributed by atoms with Crippen molar-refractivity contribution >= 4 is 22.5 Å². The van der Waals surface area contributed by atoms with Gasteiger partial charge in [-0.25, -0.2) is 0 Å². The van der Waals surface area contributed by atoms with Crippen LogP contribution in [0, 0.1) is 0 Å². The molecule has 0 radical (unpaired) electrons. The van der Waals surface area contributed by atoms with Crippen molar-refractivity contribution in [2.24, 2.45) is 0 Å². The Balaban J connectivity index is 1.47. The van der Waals surface area contributed by atoms with Gasteiger partial charge in [0.2, 0.25) is 11.8 Å². The van der Waals surface area contributed by atoms with E-state index in [1.54, 1.807) is 11.8 Å². The third kappa shape index (κ3) is 3.57. The number of nitrogens with zero attached hydrogens (tertiary/aromatic N) is 4. The molecular formula is C24H18N4OS. The summed E-state index contributed by atoms with van der Waals surface area (Å²) in [5.41, 5.74) is 2.84. The van der Waals surface area contributed by atoms with E-state index in [4.69, 9.17) is 4.42 Å². The molecule has 0 spiro atoms. The van der Waals surface area contributed by atoms with E-state index in [2.05, 4.69) is 44.7 Å². The average molecular weight is 411 g/mol. The Labute approximate surface area is 178 Å². The number of hydrogen-bond acceptors (Lipinski definition) is 6. The van der Waals surface area contributed by atoms with E-state index < -0.39 is 0 Å². The summed E-state index contributed by atoms with van der Waals surface area (Å²) >= 11 is 1.57. The highest BCUT2D eigenvalue weighted by molar-refractivity contribution is 7.99. The fourth-order valence-corrected chi connectivity index (χ4v) is 4.21. The summed E-state index contributed by atoms with van der Waals surface area (Å²) in [5, 5.41) is 20.4. The summed E-state index contributed by atoms with van der Waals surface area (Å²) in [7, 11) is 0. The molecular weight excluding hydrogens is 392 g/mol. The van der Waals surface area contributed by atoms with Gasteiger partial charge >= 0.3 is 0 Å². The smallest absolute Gasteiger partial charge is 0.247 e. The molecule has 2 aromatic heterocycles. The van der Waals surface area contributed by atoms with Crippen LogP contribution in [0.15, 0.2) is 94.4 Å². The van der Waals surface area contributed by atoms with E-state index in [1.165, 1.54) is 0 Å². The van der Waals surface area contributed by atoms with Crippen LogP contribution in [0.3, 0.4) is 0 Å². The van der Waals surface area contributed by atoms with Crippen molar-refractivity contribution in [2.75, 3.05) is 0 Å². The minimum Gasteiger partial charge on any atom is -0.419 e. The van der Waals surface area contributed by atoms with Gasteiger partial charge in [-0.15, -0.1) is 20.4 Å². The molecule has 0 fully saturated rings. The average Bonchev–Trinajstić information content (AvgIpc) is 3.31. The predicted molar refractivity (Wildman–Crippen MR) is 119 cm³/mol. The molecule has 146 valence electrons. The van der Waals surface area contributed by atoms with E-state index in [1.807, 2.05) is 67.6 Å². The minimum absolute atomic E-state index is 0.0600. The van der Waals surface area contributed by atoms with Crippen LogP contribution in [0.25, 0.3) is 33.5 Å². The zero-order valence-electron chi connectivity index (χ0n) is 16.3. The van der Waals surface area contributed by atoms with Crippen LogP contribution in [-0.4, -0.2) is 20.4 Å². The van der Waals surface area contributed by atoms with Gasteiger partial charge < -0.3 is 4.42 Å². The van der Waals surface area contributed by atoms with Crippen molar-refractivity contribution in [3.63, 3.8) is 0 Å². The number of hydrogen-bond donors (Lipinski definition) is 0. The van der Waals surface area contributed by atoms with E-state index in [9.17, 15) is 0 Å². The topological polar surface area (TPSA) is 64.7 Å². The lowest BCUT2D eigenvalue weighted by molar-refractivity contribution is 0.509. The highest BCUT2D eigenvalue weighted by Gasteiger charge is 2.19. The van der Waals surface area contributed by atoms with E-state index in [-0.39, 0.29) is 5.25 Å². The van der Waals surface area contributed by atoms with Crippen molar-refractivity contribution < 1.29 is 4.42 Å². The van der Waals surface area contributed by atoms with Crippen molar-refractivity contribution in [2.45, 2.75) is 17.2 Å². The van der Waals surface area contributed by atoms with Crippen molar-refractivity contribution in [3.05, 3.63) is 90.8 Å². The summed E-state index contributed by atoms with van der Waals surface area (Å²) in [6.45, 7) is 2.04. The lowest BCUT2D eigenvalue weighted by Gasteiger charge is -2.11. The summed E-state index contributed by atoms with van der Waals surface area (Å²) in [5.74, 6) is 1.09. The van der Waals surface area contributed by atoms with Gasteiger partial charge in [0.25, 0.3) is 0 Å². The standard InChI is InChI=1S/C24H18N4OS/c1-16(22-26-27-23(29-22)18-12-6-3-7-13-18)30-24-20-15-9-8-14-19(20)21(25-28-24)17-10-4-2-5-11-17/h2-16H,1H3. The first-order valence-electron chi connectivity index (χ1n) is 9.66. The van der Waals surface area contributed by atoms with Gasteiger partial charge in [-0.05, 0) is 19.1 Å². The Kier molecular flexibility index (Phi) is 4.99. The van der Waals surface area contributed by atoms with E-state index in [0.717, 1.165) is 32.6 Å². The van der Waals surface area contributed by atoms with Gasteiger partial charge in [0.1, 0.15) is 10.7 Å². The monoisotopic (exact) mass is 410 g/mol. The maximum Gasteiger partial charge on any atom is 0.247 e. The Hall–Kier alpha value is -3.51. The fourth-order valence-electron chi connectivity index (χ4n) is 3.29. The zero-order valence-corrected chi connectivity index (χ0v) is 17.1. The lowest BCUT2D eigenvalue weighted by Crippen LogP contribution is -1.96. The quantitative estimate of drug-likeness (QED) is 0.321. The highest BCUT2D eigenvalue weighted by Crippen LogP contribution is 2.38. The minimum atomic E-state index is -0.0600. The second kappa shape index (κ2) is 8.08. The van der Waals surface area contributed by atoms with E-state index >= 15 is 0 Å². The Morgan fingerprint density at radius 1 is 0.667 bits per heavy atom. The maximum atomic E-state index is 5.92. The molecule has 0 amide bonds. The van der Waals surface area contributed by atoms with Crippen LogP contribution in [0.5, 0.6) is 0 Å².